The first-order valence-corrected chi connectivity index (χ1v) is 22.8. The van der Waals surface area contributed by atoms with E-state index in [-0.39, 0.29) is 0 Å². The van der Waals surface area contributed by atoms with Gasteiger partial charge in [0, 0.05) is 13.8 Å². The van der Waals surface area contributed by atoms with Gasteiger partial charge in [-0.25, -0.2) is 0 Å². The van der Waals surface area contributed by atoms with Crippen LogP contribution in [0.5, 0.6) is 0 Å². The van der Waals surface area contributed by atoms with Gasteiger partial charge in [0.25, 0.3) is 0 Å². The first-order valence-electron chi connectivity index (χ1n) is 22.8. The lowest BCUT2D eigenvalue weighted by atomic mass is 9.94. The van der Waals surface area contributed by atoms with Crippen LogP contribution in [0.25, 0.3) is 0 Å². The van der Waals surface area contributed by atoms with Gasteiger partial charge < -0.3 is 144 Å². The van der Waals surface area contributed by atoms with Crippen molar-refractivity contribution in [2.24, 2.45) is 0 Å². The number of amides is 2. The molecule has 0 bridgehead atoms. The first-order chi connectivity index (χ1) is 33.4. The molecule has 30 atom stereocenters. The molecule has 0 aromatic carbocycles. The molecule has 2 amide bonds. The van der Waals surface area contributed by atoms with E-state index >= 15 is 0 Å². The van der Waals surface area contributed by atoms with Crippen molar-refractivity contribution in [2.75, 3.05) is 26.4 Å². The highest BCUT2D eigenvalue weighted by molar-refractivity contribution is 5.73. The SMILES string of the molecule is CC(=O)N[C@H]1[C@H](OC[C@H]2OC(O)[C@H](NC(C)=O)[C@@H](O[C@@H]3O[C@H](CO)[C@H](O[C@H]4O[C@H](CO)[C@H](O)[C@H](O)[C@H]4O)[C@H](O)[C@H]3O[C@@H]3O[C@@H](C)[C@@H](O)[C@@H](O)[C@@H]3O)[C@H]2O)O[C@H](CO)[C@@H](O)[C@@H]1O[C@@H]1O[C@@H](C)[C@@H](O)[C@@H](O)[C@@H]1O. The van der Waals surface area contributed by atoms with E-state index in [4.69, 9.17) is 52.1 Å². The minimum absolute atomic E-state index is 0.750. The summed E-state index contributed by atoms with van der Waals surface area (Å²) in [5, 5.41) is 176. The first kappa shape index (κ1) is 58.1. The maximum atomic E-state index is 12.5. The van der Waals surface area contributed by atoms with Gasteiger partial charge in [-0.1, -0.05) is 0 Å². The Balaban J connectivity index is 1.28. The fourth-order valence-electron chi connectivity index (χ4n) is 9.09. The highest BCUT2D eigenvalue weighted by atomic mass is 16.8. The molecule has 1 unspecified atom stereocenters. The average Bonchev–Trinajstić information content (AvgIpc) is 3.32. The normalized spacial score (nSPS) is 50.8. The highest BCUT2D eigenvalue weighted by Gasteiger charge is 2.57. The Kier molecular flexibility index (Phi) is 20.2. The zero-order chi connectivity index (χ0) is 52.5. The second-order valence-electron chi connectivity index (χ2n) is 18.2. The summed E-state index contributed by atoms with van der Waals surface area (Å²) in [6.07, 6.45) is -50.5. The van der Waals surface area contributed by atoms with Crippen molar-refractivity contribution in [3.05, 3.63) is 0 Å². The number of aliphatic hydroxyl groups is 16. The molecule has 0 saturated carbocycles. The third-order valence-electron chi connectivity index (χ3n) is 13.1. The number of aliphatic hydroxyl groups excluding tert-OH is 16. The van der Waals surface area contributed by atoms with Crippen molar-refractivity contribution >= 4 is 11.8 Å². The number of carbonyl (C=O) groups is 2. The van der Waals surface area contributed by atoms with E-state index in [1.807, 2.05) is 0 Å². The molecular weight excluding hydrogens is 972 g/mol. The van der Waals surface area contributed by atoms with E-state index in [0.717, 1.165) is 13.8 Å². The number of ether oxygens (including phenoxy) is 11. The van der Waals surface area contributed by atoms with Gasteiger partial charge in [0.1, 0.15) is 134 Å². The largest absolute Gasteiger partial charge is 0.394 e. The molecule has 0 aliphatic carbocycles. The molecule has 6 rings (SSSR count). The molecule has 6 aliphatic rings. The van der Waals surface area contributed by atoms with Gasteiger partial charge in [-0.05, 0) is 13.8 Å². The maximum absolute atomic E-state index is 12.5. The van der Waals surface area contributed by atoms with E-state index in [9.17, 15) is 91.3 Å². The summed E-state index contributed by atoms with van der Waals surface area (Å²) in [6, 6.07) is -3.28. The Labute approximate surface area is 403 Å². The minimum atomic E-state index is -2.16. The Morgan fingerprint density at radius 1 is 0.394 bits per heavy atom. The van der Waals surface area contributed by atoms with Crippen molar-refractivity contribution in [3.8, 4) is 0 Å². The third-order valence-corrected chi connectivity index (χ3v) is 13.1. The average molecular weight is 1040 g/mol. The monoisotopic (exact) mass is 1040 g/mol. The number of rotatable bonds is 16. The second-order valence-corrected chi connectivity index (χ2v) is 18.2. The van der Waals surface area contributed by atoms with E-state index < -0.39 is 222 Å². The Bertz CT molecular complexity index is 1710. The van der Waals surface area contributed by atoms with Crippen LogP contribution in [-0.2, 0) is 61.7 Å². The molecule has 0 spiro atoms. The van der Waals surface area contributed by atoms with Crippen molar-refractivity contribution in [1.29, 1.82) is 0 Å². The summed E-state index contributed by atoms with van der Waals surface area (Å²) in [5.74, 6) is -1.57. The quantitative estimate of drug-likeness (QED) is 0.0682. The smallest absolute Gasteiger partial charge is 0.217 e. The molecule has 31 heteroatoms. The fraction of sp³-hybridized carbons (Fsp3) is 0.950. The summed E-state index contributed by atoms with van der Waals surface area (Å²) < 4.78 is 63.6. The fourth-order valence-corrected chi connectivity index (χ4v) is 9.09. The number of hydrogen-bond acceptors (Lipinski definition) is 29. The van der Waals surface area contributed by atoms with Crippen molar-refractivity contribution in [1.82, 2.24) is 10.6 Å². The molecule has 71 heavy (non-hydrogen) atoms. The molecule has 18 N–H and O–H groups in total. The summed E-state index contributed by atoms with van der Waals surface area (Å²) >= 11 is 0. The summed E-state index contributed by atoms with van der Waals surface area (Å²) in [4.78, 5) is 25.0. The van der Waals surface area contributed by atoms with Crippen LogP contribution in [0.2, 0.25) is 0 Å². The summed E-state index contributed by atoms with van der Waals surface area (Å²) in [6.45, 7) is 1.10. The van der Waals surface area contributed by atoms with Gasteiger partial charge >= 0.3 is 0 Å². The zero-order valence-electron chi connectivity index (χ0n) is 38.6. The lowest BCUT2D eigenvalue weighted by Crippen LogP contribution is -2.70. The van der Waals surface area contributed by atoms with Crippen molar-refractivity contribution < 1.29 is 143 Å². The number of hydrogen-bond donors (Lipinski definition) is 18. The van der Waals surface area contributed by atoms with Crippen molar-refractivity contribution in [3.63, 3.8) is 0 Å². The number of nitrogens with one attached hydrogen (secondary N) is 2. The summed E-state index contributed by atoms with van der Waals surface area (Å²) in [5.41, 5.74) is 0. The molecule has 0 aromatic heterocycles. The van der Waals surface area contributed by atoms with E-state index in [1.165, 1.54) is 13.8 Å². The van der Waals surface area contributed by atoms with Crippen LogP contribution in [0.15, 0.2) is 0 Å². The van der Waals surface area contributed by atoms with E-state index in [2.05, 4.69) is 10.6 Å². The predicted molar refractivity (Wildman–Crippen MR) is 220 cm³/mol. The highest BCUT2D eigenvalue weighted by Crippen LogP contribution is 2.37. The van der Waals surface area contributed by atoms with Gasteiger partial charge in [-0.3, -0.25) is 9.59 Å². The molecule has 6 saturated heterocycles. The molecular formula is C40H68N2O29. The minimum Gasteiger partial charge on any atom is -0.394 e. The van der Waals surface area contributed by atoms with Crippen molar-refractivity contribution in [2.45, 2.75) is 212 Å². The number of carbonyl (C=O) groups excluding carboxylic acids is 2. The lowest BCUT2D eigenvalue weighted by molar-refractivity contribution is -0.397. The molecule has 0 radical (unpaired) electrons. The Morgan fingerprint density at radius 2 is 0.789 bits per heavy atom. The van der Waals surface area contributed by atoms with Gasteiger partial charge in [0.2, 0.25) is 11.8 Å². The third kappa shape index (κ3) is 12.6. The summed E-state index contributed by atoms with van der Waals surface area (Å²) in [7, 11) is 0. The van der Waals surface area contributed by atoms with Crippen LogP contribution in [0.3, 0.4) is 0 Å². The predicted octanol–water partition coefficient (Wildman–Crippen LogP) is -11.8. The van der Waals surface area contributed by atoms with Gasteiger partial charge in [0.05, 0.1) is 38.6 Å². The second kappa shape index (κ2) is 24.7. The van der Waals surface area contributed by atoms with Crippen LogP contribution >= 0.6 is 0 Å². The van der Waals surface area contributed by atoms with E-state index in [0.29, 0.717) is 0 Å². The van der Waals surface area contributed by atoms with E-state index in [1.54, 1.807) is 0 Å². The van der Waals surface area contributed by atoms with Crippen LogP contribution in [0.4, 0.5) is 0 Å². The van der Waals surface area contributed by atoms with Gasteiger partial charge in [-0.15, -0.1) is 0 Å². The maximum Gasteiger partial charge on any atom is 0.217 e. The standard InChI is InChI=1S/C40H68N2O29/c1-9-19(48)24(53)27(56)37(62-9)69-33-18(42-12(4)47)36(65-14(6-44)22(33)51)61-8-16-23(52)32(17(35(60)64-16)41-11(3)46)70-40-34(71-38-28(57)25(54)20(49)10(2)63-38)30(59)31(15(7-45)67-40)68-39-29(58)26(55)21(50)13(5-43)66-39/h9-10,13-40,43-45,48-60H,5-8H2,1-4H3,(H,41,46)(H,42,47)/t9-,10-,13+,14+,15+,16+,17+,18+,19+,20+,21-,22+,23-,24+,25+,26-,27-,28-,29+,30-,31-,32+,33+,34+,35?,36+,37-,38-,39+,40-/m0/s1. The molecule has 6 aliphatic heterocycles. The van der Waals surface area contributed by atoms with Crippen LogP contribution < -0.4 is 10.6 Å². The zero-order valence-corrected chi connectivity index (χ0v) is 38.6. The molecule has 6 fully saturated rings. The van der Waals surface area contributed by atoms with Crippen LogP contribution in [0, 0.1) is 0 Å². The van der Waals surface area contributed by atoms with Gasteiger partial charge in [-0.2, -0.15) is 0 Å². The van der Waals surface area contributed by atoms with Crippen LogP contribution in [-0.4, -0.2) is 304 Å². The molecule has 0 aromatic rings. The van der Waals surface area contributed by atoms with Crippen LogP contribution in [0.1, 0.15) is 27.7 Å². The molecule has 412 valence electrons. The Hall–Kier alpha value is -2.14. The Morgan fingerprint density at radius 3 is 1.31 bits per heavy atom. The topological polar surface area (TPSA) is 483 Å². The molecule has 31 nitrogen and oxygen atoms in total. The molecule has 6 heterocycles. The lowest BCUT2D eigenvalue weighted by Gasteiger charge is -2.50. The van der Waals surface area contributed by atoms with Gasteiger partial charge in [0.15, 0.2) is 37.7 Å².